The number of nitrogens with zero attached hydrogens (tertiary/aromatic N) is 1. The molecule has 1 aliphatic rings. The van der Waals surface area contributed by atoms with Gasteiger partial charge in [-0.25, -0.2) is 0 Å². The average molecular weight is 499 g/mol. The van der Waals surface area contributed by atoms with Crippen LogP contribution in [0.15, 0.2) is 84.9 Å². The first-order valence-corrected chi connectivity index (χ1v) is 13.4. The molecule has 0 aliphatic heterocycles. The van der Waals surface area contributed by atoms with Gasteiger partial charge in [0, 0.05) is 19.0 Å². The first-order chi connectivity index (χ1) is 18.0. The van der Waals surface area contributed by atoms with E-state index >= 15 is 0 Å². The molecule has 1 unspecified atom stereocenters. The molecule has 0 bridgehead atoms. The number of carbonyl (C=O) groups excluding carboxylic acids is 2. The summed E-state index contributed by atoms with van der Waals surface area (Å²) in [5.41, 5.74) is 3.06. The molecule has 0 radical (unpaired) electrons. The molecule has 0 heterocycles. The lowest BCUT2D eigenvalue weighted by atomic mass is 10.0. The van der Waals surface area contributed by atoms with E-state index in [0.717, 1.165) is 42.4 Å². The summed E-state index contributed by atoms with van der Waals surface area (Å²) in [5.74, 6) is 0.683. The Morgan fingerprint density at radius 2 is 1.46 bits per heavy atom. The van der Waals surface area contributed by atoms with Crippen molar-refractivity contribution in [1.82, 2.24) is 10.2 Å². The van der Waals surface area contributed by atoms with Gasteiger partial charge in [-0.2, -0.15) is 0 Å². The normalized spacial score (nSPS) is 14.4. The number of ether oxygens (including phenoxy) is 1. The predicted molar refractivity (Wildman–Crippen MR) is 147 cm³/mol. The quantitative estimate of drug-likeness (QED) is 0.359. The van der Waals surface area contributed by atoms with E-state index in [-0.39, 0.29) is 30.4 Å². The van der Waals surface area contributed by atoms with Crippen LogP contribution >= 0.6 is 0 Å². The van der Waals surface area contributed by atoms with E-state index in [2.05, 4.69) is 19.2 Å². The van der Waals surface area contributed by atoms with Gasteiger partial charge < -0.3 is 15.0 Å². The van der Waals surface area contributed by atoms with Gasteiger partial charge in [0.15, 0.2) is 6.61 Å². The van der Waals surface area contributed by atoms with Gasteiger partial charge in [-0.1, -0.05) is 106 Å². The molecule has 1 fully saturated rings. The maximum Gasteiger partial charge on any atom is 0.261 e. The van der Waals surface area contributed by atoms with E-state index in [4.69, 9.17) is 4.74 Å². The summed E-state index contributed by atoms with van der Waals surface area (Å²) in [6, 6.07) is 27.1. The fourth-order valence-corrected chi connectivity index (χ4v) is 5.01. The second kappa shape index (κ2) is 13.1. The van der Waals surface area contributed by atoms with Crippen LogP contribution in [0.3, 0.4) is 0 Å². The molecule has 1 atom stereocenters. The largest absolute Gasteiger partial charge is 0.483 e. The number of hydrogen-bond donors (Lipinski definition) is 1. The van der Waals surface area contributed by atoms with Crippen LogP contribution in [-0.2, 0) is 22.6 Å². The number of nitrogens with one attached hydrogen (secondary N) is 1. The van der Waals surface area contributed by atoms with Crippen LogP contribution in [0.1, 0.15) is 62.1 Å². The van der Waals surface area contributed by atoms with E-state index < -0.39 is 6.04 Å². The molecular formula is C32H38N2O3. The lowest BCUT2D eigenvalue weighted by Crippen LogP contribution is -2.53. The minimum atomic E-state index is -0.639. The Labute approximate surface area is 220 Å². The Morgan fingerprint density at radius 1 is 0.865 bits per heavy atom. The highest BCUT2D eigenvalue weighted by Gasteiger charge is 2.32. The third kappa shape index (κ3) is 7.45. The van der Waals surface area contributed by atoms with E-state index in [1.54, 1.807) is 4.90 Å². The smallest absolute Gasteiger partial charge is 0.261 e. The van der Waals surface area contributed by atoms with Gasteiger partial charge >= 0.3 is 0 Å². The fraction of sp³-hybridized carbons (Fsp3) is 0.375. The molecule has 1 saturated carbocycles. The molecular weight excluding hydrogens is 460 g/mol. The number of benzene rings is 3. The standard InChI is InChI=1S/C32H38N2O3/c1-24(2)28-19-11-12-20-30(28)37-23-31(35)34(22-26-15-7-4-8-16-26)29(21-25-13-5-3-6-14-25)32(36)33-27-17-9-10-18-27/h3-8,11-16,19-20,24,27,29H,9-10,17-18,21-23H2,1-2H3,(H,33,36). The van der Waals surface area contributed by atoms with Crippen LogP contribution in [0.2, 0.25) is 0 Å². The van der Waals surface area contributed by atoms with Gasteiger partial charge in [-0.15, -0.1) is 0 Å². The van der Waals surface area contributed by atoms with Crippen molar-refractivity contribution < 1.29 is 14.3 Å². The molecule has 1 N–H and O–H groups in total. The number of rotatable bonds is 11. The molecule has 0 aromatic heterocycles. The lowest BCUT2D eigenvalue weighted by molar-refractivity contribution is -0.143. The molecule has 194 valence electrons. The Hall–Kier alpha value is -3.60. The molecule has 5 heteroatoms. The van der Waals surface area contributed by atoms with Crippen LogP contribution in [0.25, 0.3) is 0 Å². The van der Waals surface area contributed by atoms with E-state index in [0.29, 0.717) is 18.7 Å². The SMILES string of the molecule is CC(C)c1ccccc1OCC(=O)N(Cc1ccccc1)C(Cc1ccccc1)C(=O)NC1CCCC1. The number of para-hydroxylation sites is 1. The summed E-state index contributed by atoms with van der Waals surface area (Å²) in [4.78, 5) is 29.2. The maximum atomic E-state index is 13.8. The first kappa shape index (κ1) is 26.5. The highest BCUT2D eigenvalue weighted by molar-refractivity contribution is 5.88. The van der Waals surface area contributed by atoms with E-state index in [9.17, 15) is 9.59 Å². The summed E-state index contributed by atoms with van der Waals surface area (Å²) in [5, 5.41) is 3.24. The van der Waals surface area contributed by atoms with Crippen LogP contribution in [0.5, 0.6) is 5.75 Å². The third-order valence-electron chi connectivity index (χ3n) is 7.06. The highest BCUT2D eigenvalue weighted by atomic mass is 16.5. The molecule has 3 aromatic carbocycles. The Bertz CT molecular complexity index is 1140. The molecule has 3 aromatic rings. The van der Waals surface area contributed by atoms with E-state index in [1.807, 2.05) is 84.9 Å². The van der Waals surface area contributed by atoms with Crippen LogP contribution in [0.4, 0.5) is 0 Å². The van der Waals surface area contributed by atoms with Gasteiger partial charge in [-0.05, 0) is 41.5 Å². The molecule has 0 spiro atoms. The van der Waals surface area contributed by atoms with E-state index in [1.165, 1.54) is 0 Å². The minimum Gasteiger partial charge on any atom is -0.483 e. The summed E-state index contributed by atoms with van der Waals surface area (Å²) >= 11 is 0. The lowest BCUT2D eigenvalue weighted by Gasteiger charge is -2.32. The van der Waals surface area contributed by atoms with Crippen LogP contribution in [0, 0.1) is 0 Å². The van der Waals surface area contributed by atoms with Crippen molar-refractivity contribution >= 4 is 11.8 Å². The molecule has 0 saturated heterocycles. The minimum absolute atomic E-state index is 0.0948. The summed E-state index contributed by atoms with van der Waals surface area (Å²) < 4.78 is 6.07. The van der Waals surface area contributed by atoms with Crippen molar-refractivity contribution in [2.75, 3.05) is 6.61 Å². The number of amides is 2. The van der Waals surface area contributed by atoms with Crippen molar-refractivity contribution in [1.29, 1.82) is 0 Å². The van der Waals surface area contributed by atoms with Crippen molar-refractivity contribution in [2.45, 2.75) is 70.5 Å². The van der Waals surface area contributed by atoms with Crippen molar-refractivity contribution in [2.24, 2.45) is 0 Å². The highest BCUT2D eigenvalue weighted by Crippen LogP contribution is 2.26. The molecule has 4 rings (SSSR count). The zero-order valence-corrected chi connectivity index (χ0v) is 21.9. The molecule has 5 nitrogen and oxygen atoms in total. The van der Waals surface area contributed by atoms with Crippen LogP contribution < -0.4 is 10.1 Å². The summed E-state index contributed by atoms with van der Waals surface area (Å²) in [6.07, 6.45) is 4.69. The van der Waals surface area contributed by atoms with Gasteiger partial charge in [0.25, 0.3) is 5.91 Å². The molecule has 1 aliphatic carbocycles. The third-order valence-corrected chi connectivity index (χ3v) is 7.06. The Balaban J connectivity index is 1.60. The fourth-order valence-electron chi connectivity index (χ4n) is 5.01. The zero-order chi connectivity index (χ0) is 26.0. The van der Waals surface area contributed by atoms with Gasteiger partial charge in [0.2, 0.25) is 5.91 Å². The Morgan fingerprint density at radius 3 is 2.11 bits per heavy atom. The second-order valence-corrected chi connectivity index (χ2v) is 10.2. The van der Waals surface area contributed by atoms with Gasteiger partial charge in [-0.3, -0.25) is 9.59 Å². The van der Waals surface area contributed by atoms with Crippen molar-refractivity contribution in [3.05, 3.63) is 102 Å². The topological polar surface area (TPSA) is 58.6 Å². The zero-order valence-electron chi connectivity index (χ0n) is 21.9. The first-order valence-electron chi connectivity index (χ1n) is 13.4. The summed E-state index contributed by atoms with van der Waals surface area (Å²) in [7, 11) is 0. The van der Waals surface area contributed by atoms with Gasteiger partial charge in [0.05, 0.1) is 0 Å². The monoisotopic (exact) mass is 498 g/mol. The molecule has 37 heavy (non-hydrogen) atoms. The second-order valence-electron chi connectivity index (χ2n) is 10.2. The summed E-state index contributed by atoms with van der Waals surface area (Å²) in [6.45, 7) is 4.42. The molecule has 2 amide bonds. The maximum absolute atomic E-state index is 13.8. The van der Waals surface area contributed by atoms with Gasteiger partial charge in [0.1, 0.15) is 11.8 Å². The average Bonchev–Trinajstić information content (AvgIpc) is 3.43. The van der Waals surface area contributed by atoms with Crippen LogP contribution in [-0.4, -0.2) is 35.4 Å². The number of carbonyl (C=O) groups is 2. The van der Waals surface area contributed by atoms with Crippen molar-refractivity contribution in [3.8, 4) is 5.75 Å². The number of hydrogen-bond acceptors (Lipinski definition) is 3. The predicted octanol–water partition coefficient (Wildman–Crippen LogP) is 5.89. The van der Waals surface area contributed by atoms with Crippen molar-refractivity contribution in [3.63, 3.8) is 0 Å². The Kier molecular flexibility index (Phi) is 9.36.